The summed E-state index contributed by atoms with van der Waals surface area (Å²) in [4.78, 5) is 23.0. The van der Waals surface area contributed by atoms with E-state index in [1.54, 1.807) is 0 Å². The first-order valence-corrected chi connectivity index (χ1v) is 8.48. The second-order valence-corrected chi connectivity index (χ2v) is 6.58. The predicted octanol–water partition coefficient (Wildman–Crippen LogP) is 3.97. The van der Waals surface area contributed by atoms with E-state index in [1.807, 2.05) is 19.2 Å². The number of carbonyl (C=O) groups is 1. The molecule has 0 saturated carbocycles. The molecule has 0 aliphatic carbocycles. The van der Waals surface area contributed by atoms with E-state index in [1.165, 1.54) is 29.8 Å². The molecule has 6 nitrogen and oxygen atoms in total. The van der Waals surface area contributed by atoms with Crippen LogP contribution < -0.4 is 0 Å². The van der Waals surface area contributed by atoms with Crippen molar-refractivity contribution in [3.05, 3.63) is 75.5 Å². The van der Waals surface area contributed by atoms with Crippen LogP contribution in [0.15, 0.2) is 48.5 Å². The molecule has 3 aromatic rings. The van der Waals surface area contributed by atoms with Crippen LogP contribution in [-0.2, 0) is 18.4 Å². The van der Waals surface area contributed by atoms with Gasteiger partial charge in [0.15, 0.2) is 5.78 Å². The van der Waals surface area contributed by atoms with E-state index >= 15 is 0 Å². The topological polar surface area (TPSA) is 74.4 Å². The Hall–Kier alpha value is -2.99. The molecule has 0 N–H and O–H groups in total. The van der Waals surface area contributed by atoms with Gasteiger partial charge in [0.05, 0.1) is 18.1 Å². The third-order valence-corrected chi connectivity index (χ3v) is 5.07. The fourth-order valence-corrected chi connectivity index (χ4v) is 3.76. The molecule has 26 heavy (non-hydrogen) atoms. The van der Waals surface area contributed by atoms with Gasteiger partial charge in [-0.05, 0) is 23.8 Å². The number of fused-ring (bicyclic) bond motifs is 3. The standard InChI is InChI=1S/C20H18N2O4/c1-21-17-5-3-2-4-16(17)20-14(11-26-12-18(20)21)10-19(23)13-6-8-15(9-7-13)22(24)25/h2-9,14H,10-12H2,1H3/t14-/m0/s1. The molecule has 1 aliphatic heterocycles. The van der Waals surface area contributed by atoms with Crippen LogP contribution in [0.1, 0.15) is 34.0 Å². The molecular weight excluding hydrogens is 332 g/mol. The van der Waals surface area contributed by atoms with Crippen LogP contribution in [0.25, 0.3) is 10.9 Å². The number of ketones is 1. The zero-order valence-corrected chi connectivity index (χ0v) is 14.3. The Bertz CT molecular complexity index is 1000. The van der Waals surface area contributed by atoms with Crippen LogP contribution >= 0.6 is 0 Å². The number of carbonyl (C=O) groups excluding carboxylic acids is 1. The molecule has 0 saturated heterocycles. The van der Waals surface area contributed by atoms with Crippen molar-refractivity contribution in [3.8, 4) is 0 Å². The molecule has 0 fully saturated rings. The second kappa shape index (κ2) is 6.38. The van der Waals surface area contributed by atoms with E-state index < -0.39 is 4.92 Å². The highest BCUT2D eigenvalue weighted by Crippen LogP contribution is 2.37. The average molecular weight is 350 g/mol. The summed E-state index contributed by atoms with van der Waals surface area (Å²) in [6, 6.07) is 14.0. The van der Waals surface area contributed by atoms with Gasteiger partial charge in [-0.15, -0.1) is 0 Å². The minimum absolute atomic E-state index is 0.0149. The van der Waals surface area contributed by atoms with E-state index in [4.69, 9.17) is 4.74 Å². The van der Waals surface area contributed by atoms with Crippen LogP contribution in [0.5, 0.6) is 0 Å². The predicted molar refractivity (Wildman–Crippen MR) is 97.4 cm³/mol. The van der Waals surface area contributed by atoms with Gasteiger partial charge in [-0.2, -0.15) is 0 Å². The van der Waals surface area contributed by atoms with Gasteiger partial charge in [-0.25, -0.2) is 0 Å². The molecule has 0 amide bonds. The van der Waals surface area contributed by atoms with Crippen molar-refractivity contribution in [1.29, 1.82) is 0 Å². The molecule has 0 bridgehead atoms. The quantitative estimate of drug-likeness (QED) is 0.405. The molecule has 1 aromatic heterocycles. The number of aryl methyl sites for hydroxylation is 1. The highest BCUT2D eigenvalue weighted by Gasteiger charge is 2.29. The number of ether oxygens (including phenoxy) is 1. The van der Waals surface area contributed by atoms with Gasteiger partial charge in [-0.1, -0.05) is 18.2 Å². The summed E-state index contributed by atoms with van der Waals surface area (Å²) in [5.41, 5.74) is 3.90. The Morgan fingerprint density at radius 2 is 1.96 bits per heavy atom. The highest BCUT2D eigenvalue weighted by molar-refractivity contribution is 5.97. The molecular formula is C20H18N2O4. The number of aromatic nitrogens is 1. The fraction of sp³-hybridized carbons (Fsp3) is 0.250. The molecule has 4 rings (SSSR count). The van der Waals surface area contributed by atoms with Crippen molar-refractivity contribution in [2.75, 3.05) is 6.61 Å². The number of rotatable bonds is 4. The van der Waals surface area contributed by atoms with Crippen molar-refractivity contribution in [3.63, 3.8) is 0 Å². The van der Waals surface area contributed by atoms with E-state index in [0.29, 0.717) is 25.2 Å². The summed E-state index contributed by atoms with van der Waals surface area (Å²) in [5, 5.41) is 11.9. The summed E-state index contributed by atoms with van der Waals surface area (Å²) in [6.07, 6.45) is 0.318. The molecule has 1 atom stereocenters. The molecule has 132 valence electrons. The Morgan fingerprint density at radius 3 is 2.69 bits per heavy atom. The minimum atomic E-state index is -0.467. The second-order valence-electron chi connectivity index (χ2n) is 6.58. The Labute approximate surface area is 150 Å². The van der Waals surface area contributed by atoms with Crippen molar-refractivity contribution < 1.29 is 14.5 Å². The maximum Gasteiger partial charge on any atom is 0.269 e. The lowest BCUT2D eigenvalue weighted by molar-refractivity contribution is -0.384. The summed E-state index contributed by atoms with van der Waals surface area (Å²) in [5.74, 6) is -0.0539. The number of hydrogen-bond acceptors (Lipinski definition) is 4. The maximum atomic E-state index is 12.7. The molecule has 1 aliphatic rings. The average Bonchev–Trinajstić information content (AvgIpc) is 2.96. The number of hydrogen-bond donors (Lipinski definition) is 0. The number of Topliss-reactive ketones (excluding diaryl/α,β-unsaturated/α-hetero) is 1. The van der Waals surface area contributed by atoms with Gasteiger partial charge < -0.3 is 9.30 Å². The monoisotopic (exact) mass is 350 g/mol. The number of nitro groups is 1. The molecule has 0 radical (unpaired) electrons. The number of nitrogens with zero attached hydrogens (tertiary/aromatic N) is 2. The zero-order chi connectivity index (χ0) is 18.3. The van der Waals surface area contributed by atoms with Gasteiger partial charge in [-0.3, -0.25) is 14.9 Å². The van der Waals surface area contributed by atoms with Gasteiger partial charge >= 0.3 is 0 Å². The Kier molecular flexibility index (Phi) is 4.05. The largest absolute Gasteiger partial charge is 0.375 e. The van der Waals surface area contributed by atoms with Crippen LogP contribution in [0.3, 0.4) is 0 Å². The van der Waals surface area contributed by atoms with Crippen molar-refractivity contribution in [2.45, 2.75) is 18.9 Å². The first-order valence-electron chi connectivity index (χ1n) is 8.48. The molecule has 2 aromatic carbocycles. The van der Waals surface area contributed by atoms with E-state index in [-0.39, 0.29) is 17.4 Å². The van der Waals surface area contributed by atoms with E-state index in [2.05, 4.69) is 16.7 Å². The highest BCUT2D eigenvalue weighted by atomic mass is 16.6. The lowest BCUT2D eigenvalue weighted by Gasteiger charge is -2.24. The lowest BCUT2D eigenvalue weighted by atomic mass is 9.89. The number of para-hydroxylation sites is 1. The van der Waals surface area contributed by atoms with Crippen molar-refractivity contribution >= 4 is 22.4 Å². The molecule has 2 heterocycles. The summed E-state index contributed by atoms with van der Waals surface area (Å²) in [6.45, 7) is 1.04. The summed E-state index contributed by atoms with van der Waals surface area (Å²) < 4.78 is 7.88. The molecule has 0 spiro atoms. The molecule has 6 heteroatoms. The van der Waals surface area contributed by atoms with Gasteiger partial charge in [0.25, 0.3) is 5.69 Å². The summed E-state index contributed by atoms with van der Waals surface area (Å²) >= 11 is 0. The van der Waals surface area contributed by atoms with Crippen molar-refractivity contribution in [2.24, 2.45) is 7.05 Å². The SMILES string of the molecule is Cn1c2c(c3ccccc31)[C@@H](CC(=O)c1ccc([N+](=O)[O-])cc1)COC2. The Balaban J connectivity index is 1.65. The number of benzene rings is 2. The van der Waals surface area contributed by atoms with Crippen molar-refractivity contribution in [1.82, 2.24) is 4.57 Å². The first-order chi connectivity index (χ1) is 12.6. The smallest absolute Gasteiger partial charge is 0.269 e. The van der Waals surface area contributed by atoms with Gasteiger partial charge in [0.1, 0.15) is 0 Å². The van der Waals surface area contributed by atoms with E-state index in [0.717, 1.165) is 16.6 Å². The van der Waals surface area contributed by atoms with Crippen LogP contribution in [0.2, 0.25) is 0 Å². The lowest BCUT2D eigenvalue weighted by Crippen LogP contribution is -2.20. The van der Waals surface area contributed by atoms with E-state index in [9.17, 15) is 14.9 Å². The zero-order valence-electron chi connectivity index (χ0n) is 14.3. The molecule has 0 unspecified atom stereocenters. The minimum Gasteiger partial charge on any atom is -0.375 e. The third-order valence-electron chi connectivity index (χ3n) is 5.07. The number of nitro benzene ring substituents is 1. The van der Waals surface area contributed by atoms with Gasteiger partial charge in [0, 0.05) is 53.7 Å². The number of non-ortho nitro benzene ring substituents is 1. The fourth-order valence-electron chi connectivity index (χ4n) is 3.76. The normalized spacial score (nSPS) is 16.4. The van der Waals surface area contributed by atoms with Crippen LogP contribution in [0.4, 0.5) is 5.69 Å². The third kappa shape index (κ3) is 2.68. The van der Waals surface area contributed by atoms with Crippen LogP contribution in [-0.4, -0.2) is 21.9 Å². The Morgan fingerprint density at radius 1 is 1.23 bits per heavy atom. The summed E-state index contributed by atoms with van der Waals surface area (Å²) in [7, 11) is 2.02. The van der Waals surface area contributed by atoms with Gasteiger partial charge in [0.2, 0.25) is 0 Å². The first kappa shape index (κ1) is 16.5. The maximum absolute atomic E-state index is 12.7. The van der Waals surface area contributed by atoms with Crippen LogP contribution in [0, 0.1) is 10.1 Å².